The molecule has 0 saturated heterocycles. The van der Waals surface area contributed by atoms with Crippen LogP contribution in [-0.4, -0.2) is 17.9 Å². The van der Waals surface area contributed by atoms with Crippen molar-refractivity contribution >= 4 is 23.4 Å². The van der Waals surface area contributed by atoms with Gasteiger partial charge in [0.05, 0.1) is 0 Å². The molecule has 0 aliphatic carbocycles. The van der Waals surface area contributed by atoms with Crippen molar-refractivity contribution < 1.29 is 9.59 Å². The molecule has 0 radical (unpaired) electrons. The van der Waals surface area contributed by atoms with Crippen molar-refractivity contribution in [3.63, 3.8) is 0 Å². The first-order valence-electron chi connectivity index (χ1n) is 6.96. The van der Waals surface area contributed by atoms with Gasteiger partial charge in [-0.3, -0.25) is 9.59 Å². The maximum absolute atomic E-state index is 12.1. The summed E-state index contributed by atoms with van der Waals surface area (Å²) in [5, 5.41) is 3.21. The number of carbonyl (C=O) groups excluding carboxylic acids is 2. The molecule has 3 N–H and O–H groups in total. The average molecular weight is 317 g/mol. The Hall–Kier alpha value is -2.33. The first-order valence-corrected chi connectivity index (χ1v) is 7.34. The molecule has 4 nitrogen and oxygen atoms in total. The van der Waals surface area contributed by atoms with E-state index in [0.29, 0.717) is 23.4 Å². The van der Waals surface area contributed by atoms with E-state index in [1.165, 1.54) is 0 Å². The summed E-state index contributed by atoms with van der Waals surface area (Å²) in [5.74, 6) is -0.883. The third kappa shape index (κ3) is 4.60. The van der Waals surface area contributed by atoms with Gasteiger partial charge in [0.1, 0.15) is 6.04 Å². The minimum absolute atomic E-state index is 0.339. The molecule has 1 atom stereocenters. The second kappa shape index (κ2) is 7.61. The number of nitrogens with one attached hydrogen (secondary N) is 1. The Morgan fingerprint density at radius 1 is 1.05 bits per heavy atom. The van der Waals surface area contributed by atoms with Gasteiger partial charge in [0.2, 0.25) is 5.91 Å². The van der Waals surface area contributed by atoms with Crippen LogP contribution in [0, 0.1) is 0 Å². The van der Waals surface area contributed by atoms with Crippen LogP contribution in [-0.2, 0) is 11.2 Å². The number of benzene rings is 2. The molecule has 0 aliphatic heterocycles. The summed E-state index contributed by atoms with van der Waals surface area (Å²) in [6.45, 7) is 0. The van der Waals surface area contributed by atoms with Crippen LogP contribution in [0.25, 0.3) is 0 Å². The molecule has 5 heteroatoms. The average Bonchev–Trinajstić information content (AvgIpc) is 2.52. The minimum Gasteiger partial charge on any atom is -0.368 e. The molecular formula is C17H17ClN2O2. The molecule has 0 aliphatic rings. The lowest BCUT2D eigenvalue weighted by atomic mass is 10.0. The SMILES string of the molecule is NC(=O)[C@H](CCc1ccccc1)NC(=O)c1ccc(Cl)cc1. The van der Waals surface area contributed by atoms with E-state index in [0.717, 1.165) is 5.56 Å². The Morgan fingerprint density at radius 3 is 2.27 bits per heavy atom. The van der Waals surface area contributed by atoms with E-state index in [2.05, 4.69) is 5.32 Å². The normalized spacial score (nSPS) is 11.7. The number of hydrogen-bond acceptors (Lipinski definition) is 2. The second-order valence-electron chi connectivity index (χ2n) is 4.96. The Labute approximate surface area is 134 Å². The summed E-state index contributed by atoms with van der Waals surface area (Å²) in [4.78, 5) is 23.6. The topological polar surface area (TPSA) is 72.2 Å². The fraction of sp³-hybridized carbons (Fsp3) is 0.176. The van der Waals surface area contributed by atoms with Crippen LogP contribution in [0.5, 0.6) is 0 Å². The number of amides is 2. The molecule has 2 aromatic carbocycles. The third-order valence-electron chi connectivity index (χ3n) is 3.32. The number of nitrogens with two attached hydrogens (primary N) is 1. The van der Waals surface area contributed by atoms with Crippen LogP contribution < -0.4 is 11.1 Å². The molecule has 0 spiro atoms. The van der Waals surface area contributed by atoms with Gasteiger partial charge in [0.25, 0.3) is 5.91 Å². The maximum atomic E-state index is 12.1. The van der Waals surface area contributed by atoms with Gasteiger partial charge < -0.3 is 11.1 Å². The fourth-order valence-electron chi connectivity index (χ4n) is 2.08. The van der Waals surface area contributed by atoms with E-state index >= 15 is 0 Å². The number of rotatable bonds is 6. The highest BCUT2D eigenvalue weighted by Crippen LogP contribution is 2.10. The number of primary amides is 1. The molecule has 2 amide bonds. The predicted octanol–water partition coefficient (Wildman–Crippen LogP) is 2.56. The van der Waals surface area contributed by atoms with Crippen LogP contribution in [0.1, 0.15) is 22.3 Å². The molecule has 0 heterocycles. The molecule has 114 valence electrons. The van der Waals surface area contributed by atoms with Gasteiger partial charge >= 0.3 is 0 Å². The zero-order valence-corrected chi connectivity index (χ0v) is 12.7. The quantitative estimate of drug-likeness (QED) is 0.859. The molecule has 2 aromatic rings. The Morgan fingerprint density at radius 2 is 1.68 bits per heavy atom. The lowest BCUT2D eigenvalue weighted by molar-refractivity contribution is -0.120. The van der Waals surface area contributed by atoms with E-state index in [-0.39, 0.29) is 5.91 Å². The van der Waals surface area contributed by atoms with Gasteiger partial charge in [-0.15, -0.1) is 0 Å². The van der Waals surface area contributed by atoms with Crippen LogP contribution in [0.2, 0.25) is 5.02 Å². The minimum atomic E-state index is -0.705. The third-order valence-corrected chi connectivity index (χ3v) is 3.57. The maximum Gasteiger partial charge on any atom is 0.251 e. The van der Waals surface area contributed by atoms with Crippen molar-refractivity contribution in [3.05, 3.63) is 70.7 Å². The van der Waals surface area contributed by atoms with Gasteiger partial charge in [0, 0.05) is 10.6 Å². The lowest BCUT2D eigenvalue weighted by Gasteiger charge is -2.15. The van der Waals surface area contributed by atoms with Crippen LogP contribution in [0.4, 0.5) is 0 Å². The molecule has 0 aromatic heterocycles. The number of carbonyl (C=O) groups is 2. The predicted molar refractivity (Wildman–Crippen MR) is 86.7 cm³/mol. The molecule has 0 fully saturated rings. The summed E-state index contributed by atoms with van der Waals surface area (Å²) in [6, 6.07) is 15.5. The highest BCUT2D eigenvalue weighted by molar-refractivity contribution is 6.30. The summed E-state index contributed by atoms with van der Waals surface area (Å²) in [6.07, 6.45) is 1.12. The Balaban J connectivity index is 1.98. The van der Waals surface area contributed by atoms with Crippen molar-refractivity contribution in [3.8, 4) is 0 Å². The van der Waals surface area contributed by atoms with Gasteiger partial charge in [-0.05, 0) is 42.7 Å². The molecule has 0 bridgehead atoms. The van der Waals surface area contributed by atoms with Gasteiger partial charge in [-0.1, -0.05) is 41.9 Å². The Bertz CT molecular complexity index is 641. The molecule has 0 saturated carbocycles. The van der Waals surface area contributed by atoms with Gasteiger partial charge in [-0.2, -0.15) is 0 Å². The van der Waals surface area contributed by atoms with Crippen molar-refractivity contribution in [2.24, 2.45) is 5.73 Å². The second-order valence-corrected chi connectivity index (χ2v) is 5.40. The van der Waals surface area contributed by atoms with Crippen LogP contribution >= 0.6 is 11.6 Å². The summed E-state index contributed by atoms with van der Waals surface area (Å²) in [7, 11) is 0. The molecule has 2 rings (SSSR count). The zero-order chi connectivity index (χ0) is 15.9. The molecule has 0 unspecified atom stereocenters. The van der Waals surface area contributed by atoms with Crippen molar-refractivity contribution in [2.75, 3.05) is 0 Å². The molecule has 22 heavy (non-hydrogen) atoms. The number of aryl methyl sites for hydroxylation is 1. The lowest BCUT2D eigenvalue weighted by Crippen LogP contribution is -2.44. The van der Waals surface area contributed by atoms with E-state index in [1.54, 1.807) is 24.3 Å². The molecular weight excluding hydrogens is 300 g/mol. The highest BCUT2D eigenvalue weighted by Gasteiger charge is 2.18. The first-order chi connectivity index (χ1) is 10.6. The monoisotopic (exact) mass is 316 g/mol. The number of hydrogen-bond donors (Lipinski definition) is 2. The van der Waals surface area contributed by atoms with E-state index in [1.807, 2.05) is 30.3 Å². The van der Waals surface area contributed by atoms with Crippen molar-refractivity contribution in [1.82, 2.24) is 5.32 Å². The van der Waals surface area contributed by atoms with E-state index in [4.69, 9.17) is 17.3 Å². The summed E-state index contributed by atoms with van der Waals surface area (Å²) in [5.41, 5.74) is 6.91. The smallest absolute Gasteiger partial charge is 0.251 e. The zero-order valence-electron chi connectivity index (χ0n) is 12.0. The summed E-state index contributed by atoms with van der Waals surface area (Å²) >= 11 is 5.78. The van der Waals surface area contributed by atoms with E-state index < -0.39 is 11.9 Å². The van der Waals surface area contributed by atoms with E-state index in [9.17, 15) is 9.59 Å². The van der Waals surface area contributed by atoms with Gasteiger partial charge in [-0.25, -0.2) is 0 Å². The first kappa shape index (κ1) is 16.0. The van der Waals surface area contributed by atoms with Crippen LogP contribution in [0.15, 0.2) is 54.6 Å². The standard InChI is InChI=1S/C17H17ClN2O2/c18-14-9-7-13(8-10-14)17(22)20-15(16(19)21)11-6-12-4-2-1-3-5-12/h1-5,7-10,15H,6,11H2,(H2,19,21)(H,20,22)/t15-/m0/s1. The highest BCUT2D eigenvalue weighted by atomic mass is 35.5. The largest absolute Gasteiger partial charge is 0.368 e. The number of halogens is 1. The summed E-state index contributed by atoms with van der Waals surface area (Å²) < 4.78 is 0. The Kier molecular flexibility index (Phi) is 5.55. The fourth-order valence-corrected chi connectivity index (χ4v) is 2.21. The van der Waals surface area contributed by atoms with Crippen molar-refractivity contribution in [1.29, 1.82) is 0 Å². The van der Waals surface area contributed by atoms with Gasteiger partial charge in [0.15, 0.2) is 0 Å². The van der Waals surface area contributed by atoms with Crippen LogP contribution in [0.3, 0.4) is 0 Å². The van der Waals surface area contributed by atoms with Crippen molar-refractivity contribution in [2.45, 2.75) is 18.9 Å².